The molecule has 2 aromatic rings. The number of nitrogens with zero attached hydrogens (tertiary/aromatic N) is 3. The van der Waals surface area contributed by atoms with E-state index in [0.717, 1.165) is 36.3 Å². The zero-order valence-corrected chi connectivity index (χ0v) is 15.3. The Labute approximate surface area is 149 Å². The van der Waals surface area contributed by atoms with Crippen molar-refractivity contribution in [3.05, 3.63) is 46.8 Å². The third-order valence-corrected chi connectivity index (χ3v) is 4.96. The van der Waals surface area contributed by atoms with Crippen molar-refractivity contribution in [1.29, 1.82) is 0 Å². The molecule has 0 radical (unpaired) electrons. The summed E-state index contributed by atoms with van der Waals surface area (Å²) >= 11 is 0. The fourth-order valence-electron chi connectivity index (χ4n) is 3.23. The summed E-state index contributed by atoms with van der Waals surface area (Å²) in [6.45, 7) is 6.46. The van der Waals surface area contributed by atoms with Gasteiger partial charge in [-0.1, -0.05) is 26.0 Å². The molecule has 0 saturated heterocycles. The summed E-state index contributed by atoms with van der Waals surface area (Å²) < 4.78 is 0. The number of nitrogens with one attached hydrogen (secondary N) is 1. The van der Waals surface area contributed by atoms with Gasteiger partial charge in [-0.3, -0.25) is 0 Å². The first-order valence-corrected chi connectivity index (χ1v) is 9.14. The summed E-state index contributed by atoms with van der Waals surface area (Å²) in [5.41, 5.74) is 11.7. The van der Waals surface area contributed by atoms with E-state index >= 15 is 0 Å². The Morgan fingerprint density at radius 3 is 2.64 bits per heavy atom. The van der Waals surface area contributed by atoms with E-state index in [4.69, 9.17) is 5.73 Å². The Morgan fingerprint density at radius 1 is 1.20 bits per heavy atom. The van der Waals surface area contributed by atoms with Crippen LogP contribution in [0.3, 0.4) is 0 Å². The lowest BCUT2D eigenvalue weighted by atomic mass is 9.95. The molecular formula is C20H27N5. The minimum absolute atomic E-state index is 0.312. The molecule has 0 bridgehead atoms. The summed E-state index contributed by atoms with van der Waals surface area (Å²) in [7, 11) is 0. The number of guanidine groups is 1. The van der Waals surface area contributed by atoms with Crippen LogP contribution in [-0.4, -0.2) is 15.9 Å². The second-order valence-electron chi connectivity index (χ2n) is 6.79. The largest absolute Gasteiger partial charge is 0.369 e. The molecule has 1 aromatic carbocycles. The quantitative estimate of drug-likeness (QED) is 0.646. The molecule has 3 N–H and O–H groups in total. The van der Waals surface area contributed by atoms with Gasteiger partial charge in [0.25, 0.3) is 5.95 Å². The normalized spacial score (nSPS) is 15.6. The van der Waals surface area contributed by atoms with Crippen molar-refractivity contribution in [1.82, 2.24) is 9.97 Å². The van der Waals surface area contributed by atoms with Crippen molar-refractivity contribution >= 4 is 17.6 Å². The minimum atomic E-state index is 0.312. The van der Waals surface area contributed by atoms with Crippen LogP contribution in [0.2, 0.25) is 0 Å². The summed E-state index contributed by atoms with van der Waals surface area (Å²) in [5.74, 6) is 1.32. The number of hydrogen-bond acceptors (Lipinski definition) is 3. The van der Waals surface area contributed by atoms with Crippen LogP contribution in [0, 0.1) is 6.92 Å². The number of rotatable bonds is 4. The third-order valence-electron chi connectivity index (χ3n) is 4.96. The smallest absolute Gasteiger partial charge is 0.253 e. The van der Waals surface area contributed by atoms with Gasteiger partial charge in [0.15, 0.2) is 0 Å². The summed E-state index contributed by atoms with van der Waals surface area (Å²) in [4.78, 5) is 13.4. The fraction of sp³-hybridized carbons (Fsp3) is 0.450. The minimum Gasteiger partial charge on any atom is -0.369 e. The van der Waals surface area contributed by atoms with Gasteiger partial charge in [-0.25, -0.2) is 9.97 Å². The Hall–Kier alpha value is -2.43. The molecule has 0 aliphatic heterocycles. The number of aliphatic imine (C=N–C) groups is 1. The number of fused-ring (bicyclic) bond motifs is 1. The van der Waals surface area contributed by atoms with E-state index in [0.29, 0.717) is 17.8 Å². The summed E-state index contributed by atoms with van der Waals surface area (Å²) in [5, 5.41) is 3.12. The average molecular weight is 337 g/mol. The molecular weight excluding hydrogens is 310 g/mol. The number of hydrogen-bond donors (Lipinski definition) is 2. The molecule has 5 nitrogen and oxygen atoms in total. The Balaban J connectivity index is 1.74. The number of benzene rings is 1. The summed E-state index contributed by atoms with van der Waals surface area (Å²) in [6, 6.07) is 8.32. The van der Waals surface area contributed by atoms with Crippen molar-refractivity contribution in [2.24, 2.45) is 10.7 Å². The van der Waals surface area contributed by atoms with Crippen LogP contribution in [0.4, 0.5) is 11.6 Å². The second-order valence-corrected chi connectivity index (χ2v) is 6.79. The molecule has 3 rings (SSSR count). The van der Waals surface area contributed by atoms with E-state index in [2.05, 4.69) is 46.3 Å². The first-order valence-electron chi connectivity index (χ1n) is 9.14. The van der Waals surface area contributed by atoms with Crippen LogP contribution >= 0.6 is 0 Å². The number of anilines is 1. The fourth-order valence-corrected chi connectivity index (χ4v) is 3.23. The standard InChI is InChI=1S/C20H27N5/c1-4-13(2)15-9-11-16(12-10-15)23-19(21)25-20-22-14(3)17-7-5-6-8-18(17)24-20/h9-13H,4-8H2,1-3H3,(H3,21,22,23,24,25). The molecule has 5 heteroatoms. The van der Waals surface area contributed by atoms with Crippen molar-refractivity contribution in [2.75, 3.05) is 5.32 Å². The van der Waals surface area contributed by atoms with E-state index in [1.54, 1.807) is 0 Å². The lowest BCUT2D eigenvalue weighted by Gasteiger charge is -2.16. The third kappa shape index (κ3) is 4.16. The molecule has 1 atom stereocenters. The van der Waals surface area contributed by atoms with Crippen LogP contribution < -0.4 is 11.1 Å². The Kier molecular flexibility index (Phi) is 5.31. The molecule has 1 unspecified atom stereocenters. The van der Waals surface area contributed by atoms with E-state index in [1.807, 2.05) is 19.1 Å². The molecule has 1 heterocycles. The van der Waals surface area contributed by atoms with Gasteiger partial charge in [-0.05, 0) is 68.2 Å². The monoisotopic (exact) mass is 337 g/mol. The topological polar surface area (TPSA) is 76.2 Å². The molecule has 1 aromatic heterocycles. The zero-order chi connectivity index (χ0) is 17.8. The van der Waals surface area contributed by atoms with Crippen LogP contribution in [0.15, 0.2) is 29.3 Å². The van der Waals surface area contributed by atoms with E-state index in [9.17, 15) is 0 Å². The number of nitrogens with two attached hydrogens (primary N) is 1. The molecule has 0 amide bonds. The molecule has 132 valence electrons. The first kappa shape index (κ1) is 17.4. The Bertz CT molecular complexity index is 764. The van der Waals surface area contributed by atoms with Crippen molar-refractivity contribution < 1.29 is 0 Å². The first-order chi connectivity index (χ1) is 12.1. The van der Waals surface area contributed by atoms with Crippen LogP contribution in [-0.2, 0) is 12.8 Å². The second kappa shape index (κ2) is 7.64. The van der Waals surface area contributed by atoms with Crippen LogP contribution in [0.5, 0.6) is 0 Å². The number of aryl methyl sites for hydroxylation is 2. The van der Waals surface area contributed by atoms with Crippen molar-refractivity contribution in [3.8, 4) is 0 Å². The van der Waals surface area contributed by atoms with Gasteiger partial charge in [0, 0.05) is 17.1 Å². The number of aromatic nitrogens is 2. The van der Waals surface area contributed by atoms with Gasteiger partial charge >= 0.3 is 0 Å². The maximum atomic E-state index is 6.05. The molecule has 1 aliphatic carbocycles. The highest BCUT2D eigenvalue weighted by molar-refractivity contribution is 5.93. The molecule has 0 saturated carbocycles. The van der Waals surface area contributed by atoms with Crippen LogP contribution in [0.1, 0.15) is 61.5 Å². The van der Waals surface area contributed by atoms with Crippen molar-refractivity contribution in [3.63, 3.8) is 0 Å². The van der Waals surface area contributed by atoms with Gasteiger partial charge in [0.1, 0.15) is 0 Å². The Morgan fingerprint density at radius 2 is 1.92 bits per heavy atom. The highest BCUT2D eigenvalue weighted by atomic mass is 15.2. The maximum Gasteiger partial charge on any atom is 0.253 e. The highest BCUT2D eigenvalue weighted by Gasteiger charge is 2.15. The predicted molar refractivity (Wildman–Crippen MR) is 103 cm³/mol. The van der Waals surface area contributed by atoms with Gasteiger partial charge in [-0.2, -0.15) is 4.99 Å². The summed E-state index contributed by atoms with van der Waals surface area (Å²) in [6.07, 6.45) is 5.61. The van der Waals surface area contributed by atoms with E-state index in [1.165, 1.54) is 24.0 Å². The van der Waals surface area contributed by atoms with E-state index < -0.39 is 0 Å². The zero-order valence-electron chi connectivity index (χ0n) is 15.3. The average Bonchev–Trinajstić information content (AvgIpc) is 2.61. The van der Waals surface area contributed by atoms with Gasteiger partial charge in [-0.15, -0.1) is 0 Å². The lowest BCUT2D eigenvalue weighted by Crippen LogP contribution is -2.22. The molecule has 0 fully saturated rings. The maximum absolute atomic E-state index is 6.05. The van der Waals surface area contributed by atoms with Crippen LogP contribution in [0.25, 0.3) is 0 Å². The highest BCUT2D eigenvalue weighted by Crippen LogP contribution is 2.24. The molecule has 0 spiro atoms. The van der Waals surface area contributed by atoms with E-state index in [-0.39, 0.29) is 0 Å². The molecule has 25 heavy (non-hydrogen) atoms. The SMILES string of the molecule is CCC(C)c1ccc(NC(N)=Nc2nc(C)c3c(n2)CCCC3)cc1. The van der Waals surface area contributed by atoms with Gasteiger partial charge < -0.3 is 11.1 Å². The predicted octanol–water partition coefficient (Wildman–Crippen LogP) is 4.24. The van der Waals surface area contributed by atoms with Crippen molar-refractivity contribution in [2.45, 2.75) is 58.8 Å². The lowest BCUT2D eigenvalue weighted by molar-refractivity contribution is 0.657. The molecule has 1 aliphatic rings. The van der Waals surface area contributed by atoms with Gasteiger partial charge in [0.05, 0.1) is 0 Å². The van der Waals surface area contributed by atoms with Gasteiger partial charge in [0.2, 0.25) is 5.96 Å².